The monoisotopic (exact) mass is 276 g/mol. The van der Waals surface area contributed by atoms with Gasteiger partial charge >= 0.3 is 0 Å². The molecule has 0 amide bonds. The Morgan fingerprint density at radius 2 is 1.75 bits per heavy atom. The van der Waals surface area contributed by atoms with Crippen LogP contribution in [-0.2, 0) is 0 Å². The van der Waals surface area contributed by atoms with Crippen molar-refractivity contribution >= 4 is 5.69 Å². The van der Waals surface area contributed by atoms with Crippen LogP contribution in [0.1, 0.15) is 45.3 Å². The van der Waals surface area contributed by atoms with Gasteiger partial charge in [-0.1, -0.05) is 32.9 Å². The van der Waals surface area contributed by atoms with Crippen molar-refractivity contribution in [3.8, 4) is 0 Å². The maximum atomic E-state index is 10.3. The summed E-state index contributed by atoms with van der Waals surface area (Å²) >= 11 is 0. The fraction of sp³-hybridized carbons (Fsp3) is 0.647. The Morgan fingerprint density at radius 3 is 2.25 bits per heavy atom. The van der Waals surface area contributed by atoms with Gasteiger partial charge in [-0.3, -0.25) is 0 Å². The highest BCUT2D eigenvalue weighted by atomic mass is 16.3. The molecule has 0 aliphatic carbocycles. The Labute approximate surface area is 122 Å². The third-order valence-corrected chi connectivity index (χ3v) is 4.56. The summed E-state index contributed by atoms with van der Waals surface area (Å²) < 4.78 is 0. The average molecular weight is 276 g/mol. The SMILES string of the molecule is CC(C)(C)C1CCN(CC(O)c2ccc(N)cc2)CC1. The summed E-state index contributed by atoms with van der Waals surface area (Å²) in [4.78, 5) is 2.38. The summed E-state index contributed by atoms with van der Waals surface area (Å²) in [6.45, 7) is 9.90. The maximum absolute atomic E-state index is 10.3. The Bertz CT molecular complexity index is 414. The number of β-amino-alcohol motifs (C(OH)–C–C–N with tert-alkyl or cyclic N) is 1. The molecule has 0 bridgehead atoms. The van der Waals surface area contributed by atoms with E-state index in [4.69, 9.17) is 5.73 Å². The van der Waals surface area contributed by atoms with E-state index in [0.717, 1.165) is 36.8 Å². The van der Waals surface area contributed by atoms with Crippen LogP contribution in [-0.4, -0.2) is 29.6 Å². The standard InChI is InChI=1S/C17H28N2O/c1-17(2,3)14-8-10-19(11-9-14)12-16(20)13-4-6-15(18)7-5-13/h4-7,14,16,20H,8-12,18H2,1-3H3. The van der Waals surface area contributed by atoms with Crippen LogP contribution in [0.5, 0.6) is 0 Å². The van der Waals surface area contributed by atoms with Crippen molar-refractivity contribution in [2.45, 2.75) is 39.7 Å². The van der Waals surface area contributed by atoms with Gasteiger partial charge in [0.1, 0.15) is 0 Å². The number of nitrogens with two attached hydrogens (primary N) is 1. The molecule has 2 rings (SSSR count). The molecular formula is C17H28N2O. The second kappa shape index (κ2) is 6.15. The maximum Gasteiger partial charge on any atom is 0.0916 e. The first-order valence-electron chi connectivity index (χ1n) is 7.62. The highest BCUT2D eigenvalue weighted by Crippen LogP contribution is 2.34. The lowest BCUT2D eigenvalue weighted by atomic mass is 9.75. The quantitative estimate of drug-likeness (QED) is 0.834. The molecule has 1 fully saturated rings. The second-order valence-electron chi connectivity index (χ2n) is 7.12. The predicted molar refractivity (Wildman–Crippen MR) is 84.4 cm³/mol. The molecule has 1 heterocycles. The lowest BCUT2D eigenvalue weighted by Gasteiger charge is -2.39. The summed E-state index contributed by atoms with van der Waals surface area (Å²) in [5.74, 6) is 0.799. The molecule has 1 aromatic carbocycles. The molecule has 112 valence electrons. The Kier molecular flexibility index (Phi) is 4.71. The highest BCUT2D eigenvalue weighted by Gasteiger charge is 2.29. The summed E-state index contributed by atoms with van der Waals surface area (Å²) in [5.41, 5.74) is 7.78. The molecule has 1 atom stereocenters. The number of anilines is 1. The van der Waals surface area contributed by atoms with E-state index in [-0.39, 0.29) is 0 Å². The number of piperidine rings is 1. The van der Waals surface area contributed by atoms with Gasteiger partial charge < -0.3 is 15.7 Å². The van der Waals surface area contributed by atoms with Crippen LogP contribution < -0.4 is 5.73 Å². The molecule has 1 aliphatic heterocycles. The van der Waals surface area contributed by atoms with Gasteiger partial charge in [-0.2, -0.15) is 0 Å². The van der Waals surface area contributed by atoms with Crippen LogP contribution in [0.2, 0.25) is 0 Å². The van der Waals surface area contributed by atoms with Crippen LogP contribution in [0.3, 0.4) is 0 Å². The van der Waals surface area contributed by atoms with E-state index >= 15 is 0 Å². The largest absolute Gasteiger partial charge is 0.399 e. The van der Waals surface area contributed by atoms with Crippen LogP contribution in [0.4, 0.5) is 5.69 Å². The van der Waals surface area contributed by atoms with E-state index in [2.05, 4.69) is 25.7 Å². The van der Waals surface area contributed by atoms with Crippen molar-refractivity contribution in [3.05, 3.63) is 29.8 Å². The third-order valence-electron chi connectivity index (χ3n) is 4.56. The van der Waals surface area contributed by atoms with Gasteiger partial charge in [0, 0.05) is 12.2 Å². The van der Waals surface area contributed by atoms with Crippen molar-refractivity contribution in [1.82, 2.24) is 4.90 Å². The van der Waals surface area contributed by atoms with Gasteiger partial charge in [-0.25, -0.2) is 0 Å². The first-order valence-corrected chi connectivity index (χ1v) is 7.62. The normalized spacial score (nSPS) is 20.0. The van der Waals surface area contributed by atoms with E-state index in [1.807, 2.05) is 24.3 Å². The zero-order chi connectivity index (χ0) is 14.8. The number of hydrogen-bond acceptors (Lipinski definition) is 3. The van der Waals surface area contributed by atoms with Crippen molar-refractivity contribution in [2.24, 2.45) is 11.3 Å². The molecule has 0 aromatic heterocycles. The van der Waals surface area contributed by atoms with E-state index in [9.17, 15) is 5.11 Å². The van der Waals surface area contributed by atoms with E-state index < -0.39 is 6.10 Å². The smallest absolute Gasteiger partial charge is 0.0916 e. The van der Waals surface area contributed by atoms with E-state index in [1.165, 1.54) is 12.8 Å². The molecule has 0 radical (unpaired) electrons. The number of rotatable bonds is 3. The topological polar surface area (TPSA) is 49.5 Å². The molecule has 1 saturated heterocycles. The number of benzene rings is 1. The minimum absolute atomic E-state index is 0.404. The van der Waals surface area contributed by atoms with Crippen LogP contribution in [0, 0.1) is 11.3 Å². The van der Waals surface area contributed by atoms with Crippen molar-refractivity contribution in [3.63, 3.8) is 0 Å². The lowest BCUT2D eigenvalue weighted by Crippen LogP contribution is -2.39. The minimum atomic E-state index is -0.415. The molecule has 3 N–H and O–H groups in total. The van der Waals surface area contributed by atoms with Crippen molar-refractivity contribution in [1.29, 1.82) is 0 Å². The molecule has 1 unspecified atom stereocenters. The fourth-order valence-electron chi connectivity index (χ4n) is 3.05. The molecule has 1 aliphatic rings. The van der Waals surface area contributed by atoms with Crippen molar-refractivity contribution in [2.75, 3.05) is 25.4 Å². The Morgan fingerprint density at radius 1 is 1.20 bits per heavy atom. The molecule has 3 heteroatoms. The molecule has 20 heavy (non-hydrogen) atoms. The lowest BCUT2D eigenvalue weighted by molar-refractivity contribution is 0.0653. The molecule has 0 saturated carbocycles. The molecule has 1 aromatic rings. The van der Waals surface area contributed by atoms with Gasteiger partial charge in [0.2, 0.25) is 0 Å². The Hall–Kier alpha value is -1.06. The number of likely N-dealkylation sites (tertiary alicyclic amines) is 1. The molecule has 3 nitrogen and oxygen atoms in total. The summed E-state index contributed by atoms with van der Waals surface area (Å²) in [5, 5.41) is 10.3. The highest BCUT2D eigenvalue weighted by molar-refractivity contribution is 5.39. The fourth-order valence-corrected chi connectivity index (χ4v) is 3.05. The van der Waals surface area contributed by atoms with Crippen LogP contribution in [0.25, 0.3) is 0 Å². The second-order valence-corrected chi connectivity index (χ2v) is 7.12. The van der Waals surface area contributed by atoms with Crippen LogP contribution in [0.15, 0.2) is 24.3 Å². The van der Waals surface area contributed by atoms with E-state index in [0.29, 0.717) is 5.41 Å². The molecule has 0 spiro atoms. The van der Waals surface area contributed by atoms with Gasteiger partial charge in [-0.15, -0.1) is 0 Å². The first-order chi connectivity index (χ1) is 9.36. The van der Waals surface area contributed by atoms with Gasteiger partial charge in [-0.05, 0) is 55.0 Å². The Balaban J connectivity index is 1.85. The number of nitrogen functional groups attached to an aromatic ring is 1. The average Bonchev–Trinajstić information content (AvgIpc) is 2.39. The summed E-state index contributed by atoms with van der Waals surface area (Å²) in [6, 6.07) is 7.54. The number of aliphatic hydroxyl groups excluding tert-OH is 1. The summed E-state index contributed by atoms with van der Waals surface area (Å²) in [7, 11) is 0. The van der Waals surface area contributed by atoms with E-state index in [1.54, 1.807) is 0 Å². The van der Waals surface area contributed by atoms with Crippen LogP contribution >= 0.6 is 0 Å². The summed E-state index contributed by atoms with van der Waals surface area (Å²) in [6.07, 6.45) is 2.05. The van der Waals surface area contributed by atoms with Gasteiger partial charge in [0.25, 0.3) is 0 Å². The first kappa shape index (κ1) is 15.3. The third kappa shape index (κ3) is 3.97. The van der Waals surface area contributed by atoms with Gasteiger partial charge in [0.15, 0.2) is 0 Å². The minimum Gasteiger partial charge on any atom is -0.399 e. The number of aliphatic hydroxyl groups is 1. The zero-order valence-electron chi connectivity index (χ0n) is 13.0. The molecular weight excluding hydrogens is 248 g/mol. The zero-order valence-corrected chi connectivity index (χ0v) is 13.0. The van der Waals surface area contributed by atoms with Crippen molar-refractivity contribution < 1.29 is 5.11 Å². The predicted octanol–water partition coefficient (Wildman–Crippen LogP) is 3.06. The number of nitrogens with zero attached hydrogens (tertiary/aromatic N) is 1. The number of hydrogen-bond donors (Lipinski definition) is 2. The van der Waals surface area contributed by atoms with Gasteiger partial charge in [0.05, 0.1) is 6.10 Å².